The molecule has 11 nitrogen and oxygen atoms in total. The molecule has 0 radical (unpaired) electrons. The highest BCUT2D eigenvalue weighted by molar-refractivity contribution is 6.01. The lowest BCUT2D eigenvalue weighted by molar-refractivity contribution is -0.133. The highest BCUT2D eigenvalue weighted by atomic mass is 19.1. The molecule has 1 atom stereocenters. The van der Waals surface area contributed by atoms with Crippen LogP contribution in [0.1, 0.15) is 61.1 Å². The van der Waals surface area contributed by atoms with E-state index in [0.717, 1.165) is 72.5 Å². The van der Waals surface area contributed by atoms with E-state index in [1.54, 1.807) is 16.7 Å². The van der Waals surface area contributed by atoms with Crippen LogP contribution < -0.4 is 30.9 Å². The van der Waals surface area contributed by atoms with Gasteiger partial charge in [-0.2, -0.15) is 5.26 Å². The van der Waals surface area contributed by atoms with Crippen LogP contribution in [0.4, 0.5) is 37.2 Å². The van der Waals surface area contributed by atoms with Gasteiger partial charge >= 0.3 is 0 Å². The third-order valence-electron chi connectivity index (χ3n) is 12.4. The summed E-state index contributed by atoms with van der Waals surface area (Å²) in [7, 11) is 3.89. The number of anilines is 5. The number of likely N-dealkylation sites (tertiary alicyclic amines) is 1. The molecule has 0 spiro atoms. The first-order valence-corrected chi connectivity index (χ1v) is 19.6. The first-order chi connectivity index (χ1) is 26.9. The average Bonchev–Trinajstić information content (AvgIpc) is 3.19. The third-order valence-corrected chi connectivity index (χ3v) is 12.4. The maximum atomic E-state index is 16.4. The second-order valence-electron chi connectivity index (χ2n) is 16.1. The lowest BCUT2D eigenvalue weighted by Gasteiger charge is -2.42. The van der Waals surface area contributed by atoms with Crippen molar-refractivity contribution >= 4 is 51.2 Å². The third kappa shape index (κ3) is 7.18. The predicted molar refractivity (Wildman–Crippen MR) is 215 cm³/mol. The fourth-order valence-electron chi connectivity index (χ4n) is 9.07. The Morgan fingerprint density at radius 2 is 1.62 bits per heavy atom. The molecule has 3 fully saturated rings. The maximum Gasteiger partial charge on any atom is 0.253 e. The minimum Gasteiger partial charge on any atom is -0.374 e. The van der Waals surface area contributed by atoms with Gasteiger partial charge in [-0.25, -0.2) is 8.78 Å². The summed E-state index contributed by atoms with van der Waals surface area (Å²) < 4.78 is 33.5. The van der Waals surface area contributed by atoms with E-state index in [-0.39, 0.29) is 23.8 Å². The number of amides is 2. The topological polar surface area (TPSA) is 117 Å². The van der Waals surface area contributed by atoms with Crippen LogP contribution in [0.2, 0.25) is 0 Å². The molecule has 5 heterocycles. The molecular formula is C43H48F2N8O3. The van der Waals surface area contributed by atoms with Crippen LogP contribution in [0.3, 0.4) is 0 Å². The van der Waals surface area contributed by atoms with Crippen molar-refractivity contribution in [2.45, 2.75) is 63.1 Å². The average molecular weight is 763 g/mol. The molecule has 0 saturated carbocycles. The van der Waals surface area contributed by atoms with Gasteiger partial charge in [-0.1, -0.05) is 0 Å². The van der Waals surface area contributed by atoms with Crippen molar-refractivity contribution in [2.24, 2.45) is 7.05 Å². The smallest absolute Gasteiger partial charge is 0.253 e. The van der Waals surface area contributed by atoms with Crippen LogP contribution in [-0.4, -0.2) is 85.9 Å². The summed E-state index contributed by atoms with van der Waals surface area (Å²) in [6.07, 6.45) is 2.88. The van der Waals surface area contributed by atoms with Gasteiger partial charge in [0.15, 0.2) is 0 Å². The number of benzene rings is 3. The predicted octanol–water partition coefficient (Wildman–Crippen LogP) is 5.85. The quantitative estimate of drug-likeness (QED) is 0.224. The number of fused-ring (bicyclic) bond motifs is 2. The summed E-state index contributed by atoms with van der Waals surface area (Å²) >= 11 is 0. The fourth-order valence-corrected chi connectivity index (χ4v) is 9.07. The SMILES string of the molecule is Cc1cc2c(N3CCN(C)c4ccc(C#N)cc43)cc(C3CCN(CC4(F)CCN(c5ccc(NC6CCC(=O)NC6=O)cc5F)CC4)CC3)cc2n(C)c1=O. The first-order valence-electron chi connectivity index (χ1n) is 19.6. The molecule has 2 amide bonds. The van der Waals surface area contributed by atoms with Gasteiger partial charge in [0.05, 0.1) is 39.9 Å². The number of aryl methyl sites for hydroxylation is 2. The molecule has 0 bridgehead atoms. The van der Waals surface area contributed by atoms with Crippen LogP contribution in [0.15, 0.2) is 59.4 Å². The minimum atomic E-state index is -1.38. The van der Waals surface area contributed by atoms with E-state index in [4.69, 9.17) is 0 Å². The van der Waals surface area contributed by atoms with Gasteiger partial charge in [0.1, 0.15) is 17.5 Å². The Hall–Kier alpha value is -5.48. The van der Waals surface area contributed by atoms with Crippen molar-refractivity contribution in [1.29, 1.82) is 5.26 Å². The normalized spacial score (nSPS) is 20.5. The van der Waals surface area contributed by atoms with Gasteiger partial charge < -0.3 is 29.5 Å². The number of aromatic nitrogens is 1. The Morgan fingerprint density at radius 1 is 0.875 bits per heavy atom. The monoisotopic (exact) mass is 762 g/mol. The molecule has 8 rings (SSSR count). The number of hydrogen-bond acceptors (Lipinski definition) is 9. The Labute approximate surface area is 325 Å². The number of halogens is 2. The molecule has 4 aliphatic heterocycles. The number of nitriles is 1. The van der Waals surface area contributed by atoms with Crippen LogP contribution >= 0.6 is 0 Å². The molecule has 292 valence electrons. The summed E-state index contributed by atoms with van der Waals surface area (Å²) in [5, 5.41) is 16.1. The Kier molecular flexibility index (Phi) is 9.95. The number of carbonyl (C=O) groups is 2. The van der Waals surface area contributed by atoms with E-state index in [1.807, 2.05) is 43.1 Å². The number of hydrogen-bond donors (Lipinski definition) is 2. The zero-order valence-corrected chi connectivity index (χ0v) is 32.2. The molecule has 0 aliphatic carbocycles. The van der Waals surface area contributed by atoms with Crippen molar-refractivity contribution in [1.82, 2.24) is 14.8 Å². The Balaban J connectivity index is 0.941. The number of imide groups is 1. The zero-order valence-electron chi connectivity index (χ0n) is 32.2. The molecule has 2 N–H and O–H groups in total. The number of nitrogens with zero attached hydrogens (tertiary/aromatic N) is 6. The van der Waals surface area contributed by atoms with Crippen molar-refractivity contribution < 1.29 is 18.4 Å². The van der Waals surface area contributed by atoms with Crippen molar-refractivity contribution in [3.63, 3.8) is 0 Å². The number of carbonyl (C=O) groups excluding carboxylic acids is 2. The molecule has 3 aromatic carbocycles. The van der Waals surface area contributed by atoms with E-state index >= 15 is 8.78 Å². The lowest BCUT2D eigenvalue weighted by Crippen LogP contribution is -2.50. The molecule has 4 aromatic rings. The van der Waals surface area contributed by atoms with Gasteiger partial charge in [0.25, 0.3) is 5.56 Å². The molecule has 1 aromatic heterocycles. The van der Waals surface area contributed by atoms with Crippen molar-refractivity contribution in [2.75, 3.05) is 72.9 Å². The molecule has 3 saturated heterocycles. The van der Waals surface area contributed by atoms with Crippen LogP contribution in [-0.2, 0) is 16.6 Å². The van der Waals surface area contributed by atoms with E-state index in [9.17, 15) is 19.6 Å². The number of nitrogens with one attached hydrogen (secondary N) is 2. The van der Waals surface area contributed by atoms with E-state index in [1.165, 1.54) is 6.07 Å². The van der Waals surface area contributed by atoms with E-state index in [2.05, 4.69) is 50.6 Å². The second-order valence-corrected chi connectivity index (χ2v) is 16.1. The van der Waals surface area contributed by atoms with Gasteiger partial charge in [0.2, 0.25) is 11.8 Å². The highest BCUT2D eigenvalue weighted by Crippen LogP contribution is 2.43. The molecule has 4 aliphatic rings. The summed E-state index contributed by atoms with van der Waals surface area (Å²) in [5.41, 5.74) is 5.82. The fraction of sp³-hybridized carbons (Fsp3) is 0.442. The molecule has 56 heavy (non-hydrogen) atoms. The van der Waals surface area contributed by atoms with Gasteiger partial charge in [0, 0.05) is 82.7 Å². The summed E-state index contributed by atoms with van der Waals surface area (Å²) in [6, 6.07) is 18.7. The number of alkyl halides is 1. The summed E-state index contributed by atoms with van der Waals surface area (Å²) in [6.45, 7) is 6.01. The number of likely N-dealkylation sites (N-methyl/N-ethyl adjacent to an activating group) is 1. The second kappa shape index (κ2) is 14.9. The van der Waals surface area contributed by atoms with E-state index < -0.39 is 23.4 Å². The van der Waals surface area contributed by atoms with Crippen LogP contribution in [0, 0.1) is 24.1 Å². The largest absolute Gasteiger partial charge is 0.374 e. The van der Waals surface area contributed by atoms with Gasteiger partial charge in [-0.05, 0) is 105 Å². The van der Waals surface area contributed by atoms with Crippen molar-refractivity contribution in [3.8, 4) is 6.07 Å². The van der Waals surface area contributed by atoms with Gasteiger partial charge in [-0.15, -0.1) is 0 Å². The zero-order chi connectivity index (χ0) is 39.3. The number of piperidine rings is 3. The molecule has 13 heteroatoms. The molecule has 1 unspecified atom stereocenters. The first kappa shape index (κ1) is 37.4. The standard InChI is InChI=1S/C43H48F2N8O3/c1-27-20-32-37(50(3)42(27)56)22-30(23-38(32)53-19-18-49(2)36-7-4-28(25-46)21-39(36)53)29-10-14-51(15-11-29)26-43(45)12-16-52(17-13-43)35-8-5-31(24-33(35)44)47-34-6-9-40(54)48-41(34)55/h4-5,7-8,20-24,29,34,47H,6,9-19,26H2,1-3H3,(H,48,54,55). The van der Waals surface area contributed by atoms with Crippen molar-refractivity contribution in [3.05, 3.63) is 87.5 Å². The number of rotatable bonds is 7. The molecular weight excluding hydrogens is 715 g/mol. The maximum absolute atomic E-state index is 16.4. The van der Waals surface area contributed by atoms with Crippen LogP contribution in [0.5, 0.6) is 0 Å². The highest BCUT2D eigenvalue weighted by Gasteiger charge is 2.38. The number of pyridine rings is 1. The summed E-state index contributed by atoms with van der Waals surface area (Å²) in [5.74, 6) is -0.928. The van der Waals surface area contributed by atoms with Crippen LogP contribution in [0.25, 0.3) is 10.9 Å². The lowest BCUT2D eigenvalue weighted by atomic mass is 9.86. The van der Waals surface area contributed by atoms with Gasteiger partial charge in [-0.3, -0.25) is 19.7 Å². The Bertz CT molecular complexity index is 2310. The minimum absolute atomic E-state index is 0.0261. The van der Waals surface area contributed by atoms with E-state index in [0.29, 0.717) is 61.4 Å². The Morgan fingerprint density at radius 3 is 2.34 bits per heavy atom. The summed E-state index contributed by atoms with van der Waals surface area (Å²) in [4.78, 5) is 45.4.